The predicted molar refractivity (Wildman–Crippen MR) is 94.6 cm³/mol. The van der Waals surface area contributed by atoms with Crippen molar-refractivity contribution in [3.05, 3.63) is 29.8 Å². The lowest BCUT2D eigenvalue weighted by Crippen LogP contribution is -2.37. The van der Waals surface area contributed by atoms with Gasteiger partial charge in [-0.25, -0.2) is 0 Å². The van der Waals surface area contributed by atoms with Crippen LogP contribution in [0.1, 0.15) is 43.0 Å². The van der Waals surface area contributed by atoms with Crippen LogP contribution in [-0.4, -0.2) is 55.2 Å². The molecule has 1 N–H and O–H groups in total. The summed E-state index contributed by atoms with van der Waals surface area (Å²) in [5, 5.41) is 2.85. The van der Waals surface area contributed by atoms with E-state index in [1.54, 1.807) is 29.2 Å². The highest BCUT2D eigenvalue weighted by Crippen LogP contribution is 2.18. The second kappa shape index (κ2) is 8.45. The molecule has 0 bridgehead atoms. The Morgan fingerprint density at radius 1 is 1.20 bits per heavy atom. The Morgan fingerprint density at radius 3 is 2.68 bits per heavy atom. The third-order valence-electron chi connectivity index (χ3n) is 4.72. The number of hydrogen-bond donors (Lipinski definition) is 1. The van der Waals surface area contributed by atoms with Crippen molar-refractivity contribution in [2.24, 2.45) is 0 Å². The highest BCUT2D eigenvalue weighted by Gasteiger charge is 2.25. The molecule has 0 saturated carbocycles. The van der Waals surface area contributed by atoms with E-state index in [4.69, 9.17) is 9.47 Å². The second-order valence-electron chi connectivity index (χ2n) is 6.55. The Hall–Kier alpha value is -1.92. The summed E-state index contributed by atoms with van der Waals surface area (Å²) < 4.78 is 11.0. The van der Waals surface area contributed by atoms with Crippen LogP contribution >= 0.6 is 0 Å². The molecule has 1 aromatic carbocycles. The lowest BCUT2D eigenvalue weighted by atomic mass is 10.1. The van der Waals surface area contributed by atoms with Gasteiger partial charge in [0.05, 0.1) is 6.10 Å². The minimum absolute atomic E-state index is 0.0359. The fourth-order valence-corrected chi connectivity index (χ4v) is 3.31. The van der Waals surface area contributed by atoms with Gasteiger partial charge in [0.1, 0.15) is 6.10 Å². The van der Waals surface area contributed by atoms with Crippen LogP contribution in [0.4, 0.5) is 5.69 Å². The number of amides is 2. The van der Waals surface area contributed by atoms with Crippen LogP contribution in [0.5, 0.6) is 0 Å². The molecule has 1 aromatic rings. The first-order valence-electron chi connectivity index (χ1n) is 9.10. The van der Waals surface area contributed by atoms with E-state index in [1.807, 2.05) is 6.92 Å². The fourth-order valence-electron chi connectivity index (χ4n) is 3.31. The number of carbonyl (C=O) groups is 2. The van der Waals surface area contributed by atoms with Gasteiger partial charge in [-0.2, -0.15) is 0 Å². The number of likely N-dealkylation sites (N-methyl/N-ethyl adjacent to an activating group) is 1. The van der Waals surface area contributed by atoms with Crippen LogP contribution in [0.25, 0.3) is 0 Å². The number of carbonyl (C=O) groups excluding carboxylic acids is 2. The molecule has 6 heteroatoms. The van der Waals surface area contributed by atoms with Crippen molar-refractivity contribution in [1.82, 2.24) is 4.90 Å². The second-order valence-corrected chi connectivity index (χ2v) is 6.55. The Labute approximate surface area is 148 Å². The summed E-state index contributed by atoms with van der Waals surface area (Å²) in [5.41, 5.74) is 1.20. The number of anilines is 1. The Balaban J connectivity index is 1.64. The summed E-state index contributed by atoms with van der Waals surface area (Å²) >= 11 is 0. The van der Waals surface area contributed by atoms with Gasteiger partial charge in [-0.1, -0.05) is 6.07 Å². The molecule has 25 heavy (non-hydrogen) atoms. The quantitative estimate of drug-likeness (QED) is 0.859. The first-order valence-corrected chi connectivity index (χ1v) is 9.10. The van der Waals surface area contributed by atoms with Gasteiger partial charge in [-0.05, 0) is 50.8 Å². The molecule has 2 amide bonds. The molecule has 2 aliphatic rings. The Kier molecular flexibility index (Phi) is 6.04. The van der Waals surface area contributed by atoms with Gasteiger partial charge in [-0.3, -0.25) is 9.59 Å². The van der Waals surface area contributed by atoms with Crippen molar-refractivity contribution < 1.29 is 19.1 Å². The van der Waals surface area contributed by atoms with E-state index in [0.717, 1.165) is 32.3 Å². The summed E-state index contributed by atoms with van der Waals surface area (Å²) in [6, 6.07) is 7.09. The van der Waals surface area contributed by atoms with E-state index in [1.165, 1.54) is 0 Å². The molecule has 2 unspecified atom stereocenters. The van der Waals surface area contributed by atoms with Crippen molar-refractivity contribution in [3.8, 4) is 0 Å². The zero-order valence-corrected chi connectivity index (χ0v) is 14.7. The molecular weight excluding hydrogens is 320 g/mol. The van der Waals surface area contributed by atoms with E-state index in [2.05, 4.69) is 5.32 Å². The molecule has 3 rings (SSSR count). The van der Waals surface area contributed by atoms with Gasteiger partial charge in [0.2, 0.25) is 0 Å². The van der Waals surface area contributed by atoms with Crippen LogP contribution in [0.15, 0.2) is 24.3 Å². The van der Waals surface area contributed by atoms with Crippen molar-refractivity contribution >= 4 is 17.5 Å². The average molecular weight is 346 g/mol. The first kappa shape index (κ1) is 17.9. The molecule has 0 aliphatic carbocycles. The van der Waals surface area contributed by atoms with Gasteiger partial charge in [0, 0.05) is 37.6 Å². The van der Waals surface area contributed by atoms with E-state index in [9.17, 15) is 9.59 Å². The molecule has 2 fully saturated rings. The largest absolute Gasteiger partial charge is 0.376 e. The number of benzene rings is 1. The summed E-state index contributed by atoms with van der Waals surface area (Å²) in [7, 11) is 0. The maximum Gasteiger partial charge on any atom is 0.254 e. The summed E-state index contributed by atoms with van der Waals surface area (Å²) in [6.07, 6.45) is 3.46. The van der Waals surface area contributed by atoms with Crippen LogP contribution in [0.3, 0.4) is 0 Å². The van der Waals surface area contributed by atoms with E-state index in [-0.39, 0.29) is 24.0 Å². The molecular formula is C19H26N2O4. The van der Waals surface area contributed by atoms with Crippen LogP contribution in [0, 0.1) is 0 Å². The Bertz CT molecular complexity index is 607. The maximum absolute atomic E-state index is 12.8. The van der Waals surface area contributed by atoms with Crippen molar-refractivity contribution in [1.29, 1.82) is 0 Å². The minimum Gasteiger partial charge on any atom is -0.376 e. The van der Waals surface area contributed by atoms with Gasteiger partial charge in [-0.15, -0.1) is 0 Å². The lowest BCUT2D eigenvalue weighted by molar-refractivity contribution is -0.124. The number of rotatable bonds is 6. The zero-order valence-electron chi connectivity index (χ0n) is 14.7. The molecule has 136 valence electrons. The van der Waals surface area contributed by atoms with Gasteiger partial charge < -0.3 is 19.7 Å². The lowest BCUT2D eigenvalue weighted by Gasteiger charge is -2.24. The molecule has 2 atom stereocenters. The summed E-state index contributed by atoms with van der Waals surface area (Å²) in [6.45, 7) is 4.62. The third-order valence-corrected chi connectivity index (χ3v) is 4.72. The van der Waals surface area contributed by atoms with Crippen LogP contribution in [-0.2, 0) is 14.3 Å². The number of ether oxygens (including phenoxy) is 2. The van der Waals surface area contributed by atoms with E-state index >= 15 is 0 Å². The molecule has 0 radical (unpaired) electrons. The molecule has 2 aliphatic heterocycles. The van der Waals surface area contributed by atoms with Crippen LogP contribution in [0.2, 0.25) is 0 Å². The monoisotopic (exact) mass is 346 g/mol. The molecule has 2 heterocycles. The number of hydrogen-bond acceptors (Lipinski definition) is 4. The first-order chi connectivity index (χ1) is 12.2. The fraction of sp³-hybridized carbons (Fsp3) is 0.579. The van der Waals surface area contributed by atoms with Gasteiger partial charge in [0.25, 0.3) is 11.8 Å². The summed E-state index contributed by atoms with van der Waals surface area (Å²) in [5.74, 6) is -0.181. The number of nitrogens with one attached hydrogen (secondary N) is 1. The Morgan fingerprint density at radius 2 is 2.00 bits per heavy atom. The van der Waals surface area contributed by atoms with Crippen molar-refractivity contribution in [2.75, 3.05) is 31.6 Å². The van der Waals surface area contributed by atoms with Crippen molar-refractivity contribution in [2.45, 2.75) is 44.8 Å². The SMILES string of the molecule is CCN(CC1CCCO1)C(=O)c1cccc(NC(=O)C2CCCO2)c1. The standard InChI is InChI=1S/C19H26N2O4/c1-2-21(13-16-8-4-10-24-16)19(23)14-6-3-7-15(12-14)20-18(22)17-9-5-11-25-17/h3,6-7,12,16-17H,2,4-5,8-11,13H2,1H3,(H,20,22). The van der Waals surface area contributed by atoms with Gasteiger partial charge >= 0.3 is 0 Å². The maximum atomic E-state index is 12.8. The topological polar surface area (TPSA) is 67.9 Å². The van der Waals surface area contributed by atoms with Gasteiger partial charge in [0.15, 0.2) is 0 Å². The normalized spacial score (nSPS) is 22.8. The van der Waals surface area contributed by atoms with Crippen molar-refractivity contribution in [3.63, 3.8) is 0 Å². The summed E-state index contributed by atoms with van der Waals surface area (Å²) in [4.78, 5) is 26.8. The zero-order chi connectivity index (χ0) is 17.6. The molecule has 0 aromatic heterocycles. The molecule has 2 saturated heterocycles. The third kappa shape index (κ3) is 4.58. The minimum atomic E-state index is -0.383. The highest BCUT2D eigenvalue weighted by atomic mass is 16.5. The molecule has 0 spiro atoms. The van der Waals surface area contributed by atoms with E-state index in [0.29, 0.717) is 30.9 Å². The average Bonchev–Trinajstić information content (AvgIpc) is 3.33. The predicted octanol–water partition coefficient (Wildman–Crippen LogP) is 2.45. The number of nitrogens with zero attached hydrogens (tertiary/aromatic N) is 1. The molecule has 6 nitrogen and oxygen atoms in total. The van der Waals surface area contributed by atoms with Crippen LogP contribution < -0.4 is 5.32 Å². The smallest absolute Gasteiger partial charge is 0.254 e. The van der Waals surface area contributed by atoms with E-state index < -0.39 is 0 Å². The highest BCUT2D eigenvalue weighted by molar-refractivity contribution is 5.98.